The number of nitrogens with one attached hydrogen (secondary N) is 1. The molecule has 0 amide bonds. The molecule has 5 heterocycles. The van der Waals surface area contributed by atoms with Crippen molar-refractivity contribution in [3.63, 3.8) is 0 Å². The number of nitrogen functional groups attached to an aromatic ring is 1. The number of hydrogen-bond acceptors (Lipinski definition) is 10. The second-order valence-electron chi connectivity index (χ2n) is 9.77. The lowest BCUT2D eigenvalue weighted by molar-refractivity contribution is -0.137. The van der Waals surface area contributed by atoms with E-state index in [1.165, 1.54) is 6.20 Å². The summed E-state index contributed by atoms with van der Waals surface area (Å²) < 4.78 is 41.9. The van der Waals surface area contributed by atoms with Crippen LogP contribution in [0.2, 0.25) is 0 Å². The lowest BCUT2D eigenvalue weighted by Gasteiger charge is -2.33. The molecule has 10 nitrogen and oxygen atoms in total. The van der Waals surface area contributed by atoms with Gasteiger partial charge in [0.1, 0.15) is 22.6 Å². The minimum absolute atomic E-state index is 0.0107. The van der Waals surface area contributed by atoms with E-state index in [4.69, 9.17) is 11.5 Å². The van der Waals surface area contributed by atoms with Crippen molar-refractivity contribution in [3.8, 4) is 11.4 Å². The van der Waals surface area contributed by atoms with Gasteiger partial charge in [0.2, 0.25) is 5.95 Å². The minimum atomic E-state index is -4.69. The molecule has 0 saturated carbocycles. The maximum absolute atomic E-state index is 14.0. The average Bonchev–Trinajstić information content (AvgIpc) is 2.94. The van der Waals surface area contributed by atoms with E-state index in [1.807, 2.05) is 17.0 Å². The zero-order valence-electron chi connectivity index (χ0n) is 21.5. The highest BCUT2D eigenvalue weighted by atomic mass is 19.4. The smallest absolute Gasteiger partial charge is 0.382 e. The second kappa shape index (κ2) is 11.0. The molecule has 0 aromatic carbocycles. The summed E-state index contributed by atoms with van der Waals surface area (Å²) in [5.41, 5.74) is 11.9. The molecule has 0 atom stereocenters. The molecule has 2 aliphatic heterocycles. The van der Waals surface area contributed by atoms with Gasteiger partial charge in [0.05, 0.1) is 17.6 Å². The number of hydrogen-bond donors (Lipinski definition) is 3. The molecule has 5 rings (SSSR count). The Labute approximate surface area is 224 Å². The summed E-state index contributed by atoms with van der Waals surface area (Å²) in [6, 6.07) is 3.94. The first kappa shape index (κ1) is 26.6. The number of aromatic nitrogens is 5. The third-order valence-corrected chi connectivity index (χ3v) is 6.99. The Morgan fingerprint density at radius 2 is 1.72 bits per heavy atom. The first-order valence-electron chi connectivity index (χ1n) is 12.9. The van der Waals surface area contributed by atoms with Crippen LogP contribution < -0.4 is 26.6 Å². The third kappa shape index (κ3) is 5.87. The van der Waals surface area contributed by atoms with Crippen molar-refractivity contribution in [3.05, 3.63) is 48.6 Å². The lowest BCUT2D eigenvalue weighted by Crippen LogP contribution is -2.40. The van der Waals surface area contributed by atoms with Crippen LogP contribution in [0.25, 0.3) is 17.1 Å². The first-order valence-corrected chi connectivity index (χ1v) is 12.9. The molecular formula is C26H31F3N10. The van der Waals surface area contributed by atoms with E-state index >= 15 is 0 Å². The molecule has 13 heteroatoms. The first-order chi connectivity index (χ1) is 18.7. The van der Waals surface area contributed by atoms with Gasteiger partial charge in [0.15, 0.2) is 11.6 Å². The summed E-state index contributed by atoms with van der Waals surface area (Å²) in [7, 11) is 0. The predicted octanol–water partition coefficient (Wildman–Crippen LogP) is 3.93. The number of piperidine rings is 2. The summed E-state index contributed by atoms with van der Waals surface area (Å²) in [6.45, 7) is 6.95. The Hall–Kier alpha value is -4.00. The number of rotatable bonds is 6. The van der Waals surface area contributed by atoms with Crippen LogP contribution in [-0.4, -0.2) is 57.1 Å². The summed E-state index contributed by atoms with van der Waals surface area (Å²) in [6.07, 6.45) is 3.58. The number of anilines is 4. The fourth-order valence-corrected chi connectivity index (χ4v) is 4.85. The van der Waals surface area contributed by atoms with E-state index in [0.29, 0.717) is 18.9 Å². The molecular weight excluding hydrogens is 509 g/mol. The lowest BCUT2D eigenvalue weighted by atomic mass is 10.1. The SMILES string of the molecule is C=C(Nc1ncccc1N1CCC(N)CC1)c1nc(-c2nc(N3CCCCC3)ncc2C(F)(F)F)cnc1N. The minimum Gasteiger partial charge on any atom is -0.382 e. The quantitative estimate of drug-likeness (QED) is 0.422. The van der Waals surface area contributed by atoms with Crippen LogP contribution in [0.15, 0.2) is 37.3 Å². The number of nitrogens with two attached hydrogens (primary N) is 2. The van der Waals surface area contributed by atoms with E-state index < -0.39 is 11.7 Å². The molecule has 0 spiro atoms. The van der Waals surface area contributed by atoms with Gasteiger partial charge >= 0.3 is 6.18 Å². The summed E-state index contributed by atoms with van der Waals surface area (Å²) in [5, 5.41) is 3.14. The highest BCUT2D eigenvalue weighted by Crippen LogP contribution is 2.37. The van der Waals surface area contributed by atoms with Crippen molar-refractivity contribution in [2.45, 2.75) is 44.3 Å². The predicted molar refractivity (Wildman–Crippen MR) is 145 cm³/mol. The van der Waals surface area contributed by atoms with Gasteiger partial charge in [0, 0.05) is 44.6 Å². The highest BCUT2D eigenvalue weighted by Gasteiger charge is 2.36. The van der Waals surface area contributed by atoms with E-state index in [0.717, 1.165) is 57.1 Å². The highest BCUT2D eigenvalue weighted by molar-refractivity contribution is 5.82. The topological polar surface area (TPSA) is 135 Å². The zero-order valence-corrected chi connectivity index (χ0v) is 21.5. The van der Waals surface area contributed by atoms with Crippen molar-refractivity contribution in [2.24, 2.45) is 5.73 Å². The Bertz CT molecular complexity index is 1330. The van der Waals surface area contributed by atoms with Crippen LogP contribution in [0, 0.1) is 0 Å². The van der Waals surface area contributed by atoms with Gasteiger partial charge in [-0.25, -0.2) is 24.9 Å². The number of alkyl halides is 3. The van der Waals surface area contributed by atoms with Crippen LogP contribution >= 0.6 is 0 Å². The van der Waals surface area contributed by atoms with Crippen molar-refractivity contribution in [1.29, 1.82) is 0 Å². The Morgan fingerprint density at radius 3 is 2.44 bits per heavy atom. The molecule has 5 N–H and O–H groups in total. The van der Waals surface area contributed by atoms with Crippen molar-refractivity contribution in [2.75, 3.05) is 47.0 Å². The largest absolute Gasteiger partial charge is 0.420 e. The van der Waals surface area contributed by atoms with Gasteiger partial charge in [-0.2, -0.15) is 13.2 Å². The number of pyridine rings is 1. The van der Waals surface area contributed by atoms with Crippen molar-refractivity contribution in [1.82, 2.24) is 24.9 Å². The fraction of sp³-hybridized carbons (Fsp3) is 0.423. The summed E-state index contributed by atoms with van der Waals surface area (Å²) in [5.74, 6) is 0.765. The van der Waals surface area contributed by atoms with Gasteiger partial charge < -0.3 is 26.6 Å². The molecule has 0 unspecified atom stereocenters. The van der Waals surface area contributed by atoms with Gasteiger partial charge in [-0.05, 0) is 44.2 Å². The maximum atomic E-state index is 14.0. The average molecular weight is 541 g/mol. The fourth-order valence-electron chi connectivity index (χ4n) is 4.85. The van der Waals surface area contributed by atoms with E-state index in [2.05, 4.69) is 41.7 Å². The Balaban J connectivity index is 1.47. The van der Waals surface area contributed by atoms with Gasteiger partial charge in [-0.1, -0.05) is 6.58 Å². The van der Waals surface area contributed by atoms with Crippen LogP contribution in [0.4, 0.5) is 36.4 Å². The summed E-state index contributed by atoms with van der Waals surface area (Å²) >= 11 is 0. The van der Waals surface area contributed by atoms with Gasteiger partial charge in [-0.3, -0.25) is 0 Å². The van der Waals surface area contributed by atoms with Gasteiger partial charge in [0.25, 0.3) is 0 Å². The summed E-state index contributed by atoms with van der Waals surface area (Å²) in [4.78, 5) is 25.4. The molecule has 2 aliphatic rings. The van der Waals surface area contributed by atoms with E-state index in [1.54, 1.807) is 6.20 Å². The number of halogens is 3. The van der Waals surface area contributed by atoms with Crippen LogP contribution in [0.3, 0.4) is 0 Å². The number of nitrogens with zero attached hydrogens (tertiary/aromatic N) is 7. The normalized spacial score (nSPS) is 16.8. The molecule has 3 aromatic rings. The van der Waals surface area contributed by atoms with E-state index in [9.17, 15) is 13.2 Å². The van der Waals surface area contributed by atoms with Crippen molar-refractivity contribution >= 4 is 29.0 Å². The molecule has 0 radical (unpaired) electrons. The zero-order chi connectivity index (χ0) is 27.6. The third-order valence-electron chi connectivity index (χ3n) is 6.99. The maximum Gasteiger partial charge on any atom is 0.420 e. The molecule has 0 bridgehead atoms. The second-order valence-corrected chi connectivity index (χ2v) is 9.77. The molecule has 2 fully saturated rings. The van der Waals surface area contributed by atoms with Crippen molar-refractivity contribution < 1.29 is 13.2 Å². The van der Waals surface area contributed by atoms with Crippen LogP contribution in [-0.2, 0) is 6.18 Å². The van der Waals surface area contributed by atoms with Gasteiger partial charge in [-0.15, -0.1) is 0 Å². The standard InChI is InChI=1S/C26H31F3N10/c1-16(35-24-20(6-5-9-32-24)38-12-7-17(30)8-13-38)21-23(31)33-15-19(36-21)22-18(26(27,28)29)14-34-25(37-22)39-10-3-2-4-11-39/h5-6,9,14-15,17H,1-4,7-8,10-13,30H2,(H2,31,33)(H,32,35). The van der Waals surface area contributed by atoms with Crippen LogP contribution in [0.1, 0.15) is 43.4 Å². The molecule has 206 valence electrons. The van der Waals surface area contributed by atoms with Crippen LogP contribution in [0.5, 0.6) is 0 Å². The van der Waals surface area contributed by atoms with E-state index in [-0.39, 0.29) is 40.6 Å². The monoisotopic (exact) mass is 540 g/mol. The Kier molecular flexibility index (Phi) is 7.51. The molecule has 0 aliphatic carbocycles. The molecule has 2 saturated heterocycles. The molecule has 39 heavy (non-hydrogen) atoms. The Morgan fingerprint density at radius 1 is 0.974 bits per heavy atom. The molecule has 3 aromatic heterocycles.